The second kappa shape index (κ2) is 9.42. The van der Waals surface area contributed by atoms with Gasteiger partial charge in [-0.05, 0) is 35.9 Å². The summed E-state index contributed by atoms with van der Waals surface area (Å²) in [5, 5.41) is 78.1. The molecule has 1 heterocycles. The molecule has 1 unspecified atom stereocenters. The lowest BCUT2D eigenvalue weighted by Gasteiger charge is -2.39. The van der Waals surface area contributed by atoms with Gasteiger partial charge in [-0.1, -0.05) is 12.1 Å². The van der Waals surface area contributed by atoms with E-state index in [1.165, 1.54) is 24.3 Å². The topological polar surface area (TPSA) is 197 Å². The zero-order valence-corrected chi connectivity index (χ0v) is 16.4. The third kappa shape index (κ3) is 4.61. The highest BCUT2D eigenvalue weighted by Crippen LogP contribution is 2.40. The molecular weight excluding hydrogens is 428 g/mol. The number of hydrogen-bond donors (Lipinski definition) is 8. The Labute approximate surface area is 181 Å². The maximum absolute atomic E-state index is 12.4. The Morgan fingerprint density at radius 1 is 0.938 bits per heavy atom. The fourth-order valence-corrected chi connectivity index (χ4v) is 3.05. The van der Waals surface area contributed by atoms with E-state index in [4.69, 9.17) is 9.47 Å². The van der Waals surface area contributed by atoms with Crippen molar-refractivity contribution < 1.29 is 55.1 Å². The largest absolute Gasteiger partial charge is 0.504 e. The van der Waals surface area contributed by atoms with Crippen molar-refractivity contribution in [3.63, 3.8) is 0 Å². The summed E-state index contributed by atoms with van der Waals surface area (Å²) in [6, 6.07) is 6.13. The van der Waals surface area contributed by atoms with Gasteiger partial charge in [0.05, 0.1) is 12.2 Å². The molecule has 172 valence electrons. The average Bonchev–Trinajstić information content (AvgIpc) is 2.77. The molecule has 11 heteroatoms. The van der Waals surface area contributed by atoms with Gasteiger partial charge in [0.15, 0.2) is 28.8 Å². The quantitative estimate of drug-likeness (QED) is 0.162. The van der Waals surface area contributed by atoms with Crippen LogP contribution in [-0.2, 0) is 4.74 Å². The van der Waals surface area contributed by atoms with Gasteiger partial charge in [-0.2, -0.15) is 0 Å². The lowest BCUT2D eigenvalue weighted by molar-refractivity contribution is -0.277. The maximum atomic E-state index is 12.4. The third-order valence-electron chi connectivity index (χ3n) is 4.90. The van der Waals surface area contributed by atoms with Crippen LogP contribution in [-0.4, -0.2) is 83.9 Å². The Bertz CT molecular complexity index is 1020. The van der Waals surface area contributed by atoms with Gasteiger partial charge in [0.1, 0.15) is 24.4 Å². The van der Waals surface area contributed by atoms with Gasteiger partial charge in [-0.15, -0.1) is 0 Å². The Morgan fingerprint density at radius 2 is 1.66 bits per heavy atom. The van der Waals surface area contributed by atoms with Crippen molar-refractivity contribution in [1.82, 2.24) is 0 Å². The number of ether oxygens (including phenoxy) is 2. The van der Waals surface area contributed by atoms with E-state index >= 15 is 0 Å². The highest BCUT2D eigenvalue weighted by atomic mass is 16.7. The van der Waals surface area contributed by atoms with Crippen molar-refractivity contribution in [2.45, 2.75) is 30.7 Å². The number of phenols is 4. The van der Waals surface area contributed by atoms with Crippen LogP contribution in [0.3, 0.4) is 0 Å². The van der Waals surface area contributed by atoms with Crippen molar-refractivity contribution in [3.05, 3.63) is 47.5 Å². The van der Waals surface area contributed by atoms with Crippen LogP contribution >= 0.6 is 0 Å². The molecule has 1 saturated heterocycles. The maximum Gasteiger partial charge on any atom is 0.229 e. The molecule has 3 rings (SSSR count). The van der Waals surface area contributed by atoms with Gasteiger partial charge in [0, 0.05) is 0 Å². The summed E-state index contributed by atoms with van der Waals surface area (Å²) in [7, 11) is 0. The monoisotopic (exact) mass is 450 g/mol. The van der Waals surface area contributed by atoms with Crippen molar-refractivity contribution >= 4 is 11.9 Å². The lowest BCUT2D eigenvalue weighted by Crippen LogP contribution is -2.60. The number of carbonyl (C=O) groups is 1. The number of rotatable bonds is 6. The number of ketones is 1. The summed E-state index contributed by atoms with van der Waals surface area (Å²) in [6.45, 7) is -0.680. The van der Waals surface area contributed by atoms with Gasteiger partial charge < -0.3 is 50.3 Å². The normalized spacial score (nSPS) is 25.7. The zero-order chi connectivity index (χ0) is 23.6. The molecule has 1 aliphatic heterocycles. The smallest absolute Gasteiger partial charge is 0.229 e. The SMILES string of the molecule is O=C(/C=C/c1ccc(O)c(O)c1)c1ccc(OC2O[C@H](CO)[C@@H](O)[C@H](O)[C@H]2O)c(O)c1O. The van der Waals surface area contributed by atoms with E-state index in [0.29, 0.717) is 5.56 Å². The molecule has 0 saturated carbocycles. The fourth-order valence-electron chi connectivity index (χ4n) is 3.05. The summed E-state index contributed by atoms with van der Waals surface area (Å²) in [5.41, 5.74) is 0.0998. The molecule has 0 amide bonds. The van der Waals surface area contributed by atoms with Crippen LogP contribution in [0.4, 0.5) is 0 Å². The van der Waals surface area contributed by atoms with Crippen LogP contribution < -0.4 is 4.74 Å². The molecule has 1 fully saturated rings. The van der Waals surface area contributed by atoms with E-state index in [-0.39, 0.29) is 17.1 Å². The molecule has 2 aromatic rings. The Hall–Kier alpha value is -3.35. The number of allylic oxidation sites excluding steroid dienone is 1. The second-order valence-corrected chi connectivity index (χ2v) is 7.07. The number of benzene rings is 2. The standard InChI is InChI=1S/C21H22O11/c22-8-15-18(28)19(29)20(30)21(32-15)31-14-6-3-10(16(26)17(14)27)11(23)4-1-9-2-5-12(24)13(25)7-9/h1-7,15,18-22,24-30H,8H2/b4-1+/t15-,18-,19+,20-,21?/m1/s1. The molecule has 1 aliphatic rings. The molecule has 11 nitrogen and oxygen atoms in total. The average molecular weight is 450 g/mol. The van der Waals surface area contributed by atoms with Gasteiger partial charge in [0.25, 0.3) is 0 Å². The first-order chi connectivity index (χ1) is 15.1. The molecule has 0 radical (unpaired) electrons. The van der Waals surface area contributed by atoms with Crippen LogP contribution in [0, 0.1) is 0 Å². The summed E-state index contributed by atoms with van der Waals surface area (Å²) in [6.07, 6.45) is -5.49. The van der Waals surface area contributed by atoms with Crippen LogP contribution in [0.25, 0.3) is 6.08 Å². The highest BCUT2D eigenvalue weighted by molar-refractivity contribution is 6.09. The van der Waals surface area contributed by atoms with Crippen molar-refractivity contribution in [2.75, 3.05) is 6.61 Å². The highest BCUT2D eigenvalue weighted by Gasteiger charge is 2.45. The molecule has 2 aromatic carbocycles. The van der Waals surface area contributed by atoms with Gasteiger partial charge in [-0.25, -0.2) is 0 Å². The van der Waals surface area contributed by atoms with Crippen LogP contribution in [0.15, 0.2) is 36.4 Å². The molecule has 32 heavy (non-hydrogen) atoms. The zero-order valence-electron chi connectivity index (χ0n) is 16.4. The minimum atomic E-state index is -1.74. The van der Waals surface area contributed by atoms with Gasteiger partial charge in [0.2, 0.25) is 12.0 Å². The van der Waals surface area contributed by atoms with E-state index in [1.807, 2.05) is 0 Å². The predicted molar refractivity (Wildman–Crippen MR) is 107 cm³/mol. The summed E-state index contributed by atoms with van der Waals surface area (Å²) >= 11 is 0. The summed E-state index contributed by atoms with van der Waals surface area (Å²) in [5.74, 6) is -3.47. The number of aliphatic hydroxyl groups is 4. The summed E-state index contributed by atoms with van der Waals surface area (Å²) < 4.78 is 10.4. The van der Waals surface area contributed by atoms with Crippen LogP contribution in [0.2, 0.25) is 0 Å². The fraction of sp³-hybridized carbons (Fsp3) is 0.286. The van der Waals surface area contributed by atoms with Gasteiger partial charge in [-0.3, -0.25) is 4.79 Å². The molecule has 0 aromatic heterocycles. The molecule has 0 bridgehead atoms. The van der Waals surface area contributed by atoms with Crippen molar-refractivity contribution in [3.8, 4) is 28.7 Å². The Morgan fingerprint density at radius 3 is 2.31 bits per heavy atom. The predicted octanol–water partition coefficient (Wildman–Crippen LogP) is -0.416. The Balaban J connectivity index is 1.78. The van der Waals surface area contributed by atoms with E-state index in [9.17, 15) is 45.6 Å². The van der Waals surface area contributed by atoms with Crippen LogP contribution in [0.1, 0.15) is 15.9 Å². The molecule has 5 atom stereocenters. The first-order valence-corrected chi connectivity index (χ1v) is 9.40. The number of carbonyl (C=O) groups excluding carboxylic acids is 1. The van der Waals surface area contributed by atoms with Crippen molar-refractivity contribution in [1.29, 1.82) is 0 Å². The van der Waals surface area contributed by atoms with Crippen LogP contribution in [0.5, 0.6) is 28.7 Å². The number of phenolic OH excluding ortho intramolecular Hbond substituents is 4. The third-order valence-corrected chi connectivity index (χ3v) is 4.90. The second-order valence-electron chi connectivity index (χ2n) is 7.07. The van der Waals surface area contributed by atoms with E-state index in [2.05, 4.69) is 0 Å². The minimum Gasteiger partial charge on any atom is -0.504 e. The molecule has 0 aliphatic carbocycles. The van der Waals surface area contributed by atoms with Crippen molar-refractivity contribution in [2.24, 2.45) is 0 Å². The van der Waals surface area contributed by atoms with E-state index in [0.717, 1.165) is 18.2 Å². The van der Waals surface area contributed by atoms with Gasteiger partial charge >= 0.3 is 0 Å². The minimum absolute atomic E-state index is 0.289. The first-order valence-electron chi connectivity index (χ1n) is 9.40. The van der Waals surface area contributed by atoms with E-state index in [1.54, 1.807) is 0 Å². The Kier molecular flexibility index (Phi) is 6.87. The number of hydrogen-bond acceptors (Lipinski definition) is 11. The molecule has 0 spiro atoms. The summed E-state index contributed by atoms with van der Waals surface area (Å²) in [4.78, 5) is 12.4. The first kappa shape index (κ1) is 23.3. The number of aromatic hydroxyl groups is 4. The van der Waals surface area contributed by atoms with E-state index < -0.39 is 60.3 Å². The lowest BCUT2D eigenvalue weighted by atomic mass is 9.99. The molecular formula is C21H22O11. The number of aliphatic hydroxyl groups excluding tert-OH is 4. The molecule has 8 N–H and O–H groups in total.